The fourth-order valence-electron chi connectivity index (χ4n) is 1.25. The Morgan fingerprint density at radius 2 is 2.12 bits per heavy atom. The van der Waals surface area contributed by atoms with E-state index in [4.69, 9.17) is 4.74 Å². The standard InChI is InChI=1S/C11H13NO5/c1-8-3-4-10(12(14)15)11(5-8)17-7-9(13)6-16-2/h3-5H,6-7H2,1-2H3. The van der Waals surface area contributed by atoms with Crippen LogP contribution in [-0.2, 0) is 9.53 Å². The van der Waals surface area contributed by atoms with Gasteiger partial charge in [-0.2, -0.15) is 0 Å². The number of hydrogen-bond donors (Lipinski definition) is 0. The van der Waals surface area contributed by atoms with Crippen molar-refractivity contribution in [2.75, 3.05) is 20.3 Å². The number of nitro groups is 1. The second-order valence-electron chi connectivity index (χ2n) is 3.49. The van der Waals surface area contributed by atoms with Gasteiger partial charge in [0, 0.05) is 13.2 Å². The minimum absolute atomic E-state index is 0.0698. The molecule has 0 aliphatic carbocycles. The Bertz CT molecular complexity index is 430. The van der Waals surface area contributed by atoms with E-state index in [0.717, 1.165) is 5.56 Å². The number of rotatable bonds is 6. The number of methoxy groups -OCH3 is 1. The molecule has 0 fully saturated rings. The fourth-order valence-corrected chi connectivity index (χ4v) is 1.25. The summed E-state index contributed by atoms with van der Waals surface area (Å²) in [6.45, 7) is 1.48. The first kappa shape index (κ1) is 13.1. The quantitative estimate of drug-likeness (QED) is 0.555. The van der Waals surface area contributed by atoms with Crippen LogP contribution in [0.4, 0.5) is 5.69 Å². The van der Waals surface area contributed by atoms with Crippen LogP contribution in [0.3, 0.4) is 0 Å². The van der Waals surface area contributed by atoms with Crippen molar-refractivity contribution in [1.82, 2.24) is 0 Å². The lowest BCUT2D eigenvalue weighted by Crippen LogP contribution is -2.16. The Kier molecular flexibility index (Phi) is 4.59. The molecule has 0 saturated carbocycles. The molecule has 1 aromatic rings. The van der Waals surface area contributed by atoms with Crippen molar-refractivity contribution in [2.24, 2.45) is 0 Å². The maximum atomic E-state index is 11.2. The van der Waals surface area contributed by atoms with Crippen LogP contribution in [0.15, 0.2) is 18.2 Å². The van der Waals surface area contributed by atoms with Gasteiger partial charge in [0.2, 0.25) is 0 Å². The highest BCUT2D eigenvalue weighted by atomic mass is 16.6. The largest absolute Gasteiger partial charge is 0.479 e. The van der Waals surface area contributed by atoms with Crippen molar-refractivity contribution in [1.29, 1.82) is 0 Å². The van der Waals surface area contributed by atoms with E-state index in [2.05, 4.69) is 4.74 Å². The lowest BCUT2D eigenvalue weighted by atomic mass is 10.2. The normalized spacial score (nSPS) is 10.0. The third-order valence-electron chi connectivity index (χ3n) is 2.01. The zero-order valence-corrected chi connectivity index (χ0v) is 9.63. The number of ether oxygens (including phenoxy) is 2. The summed E-state index contributed by atoms with van der Waals surface area (Å²) < 4.78 is 9.75. The highest BCUT2D eigenvalue weighted by molar-refractivity contribution is 5.81. The molecule has 1 rings (SSSR count). The first-order valence-electron chi connectivity index (χ1n) is 4.93. The van der Waals surface area contributed by atoms with Gasteiger partial charge in [0.15, 0.2) is 11.5 Å². The van der Waals surface area contributed by atoms with Crippen LogP contribution in [0.25, 0.3) is 0 Å². The molecule has 0 spiro atoms. The zero-order valence-electron chi connectivity index (χ0n) is 9.63. The van der Waals surface area contributed by atoms with Crippen LogP contribution in [0.5, 0.6) is 5.75 Å². The molecular weight excluding hydrogens is 226 g/mol. The maximum absolute atomic E-state index is 11.2. The number of benzene rings is 1. The van der Waals surface area contributed by atoms with Crippen molar-refractivity contribution < 1.29 is 19.2 Å². The molecular formula is C11H13NO5. The summed E-state index contributed by atoms with van der Waals surface area (Å²) in [5.74, 6) is -0.178. The molecule has 0 unspecified atom stereocenters. The van der Waals surface area contributed by atoms with Crippen molar-refractivity contribution in [2.45, 2.75) is 6.92 Å². The number of nitro benzene ring substituents is 1. The van der Waals surface area contributed by atoms with Gasteiger partial charge in [-0.05, 0) is 18.6 Å². The molecule has 0 aromatic heterocycles. The van der Waals surface area contributed by atoms with Gasteiger partial charge >= 0.3 is 5.69 Å². The number of carbonyl (C=O) groups excluding carboxylic acids is 1. The topological polar surface area (TPSA) is 78.7 Å². The Labute approximate surface area is 98.3 Å². The minimum atomic E-state index is -0.546. The van der Waals surface area contributed by atoms with Gasteiger partial charge in [0.25, 0.3) is 0 Å². The van der Waals surface area contributed by atoms with Crippen LogP contribution >= 0.6 is 0 Å². The summed E-state index contributed by atoms with van der Waals surface area (Å²) in [7, 11) is 1.40. The molecule has 0 bridgehead atoms. The molecule has 0 amide bonds. The monoisotopic (exact) mass is 239 g/mol. The van der Waals surface area contributed by atoms with Crippen LogP contribution in [0.1, 0.15) is 5.56 Å². The van der Waals surface area contributed by atoms with Gasteiger partial charge < -0.3 is 9.47 Å². The highest BCUT2D eigenvalue weighted by Gasteiger charge is 2.15. The van der Waals surface area contributed by atoms with Crippen molar-refractivity contribution in [3.8, 4) is 5.75 Å². The first-order valence-corrected chi connectivity index (χ1v) is 4.93. The predicted molar refractivity (Wildman–Crippen MR) is 60.2 cm³/mol. The van der Waals surface area contributed by atoms with Gasteiger partial charge in [-0.1, -0.05) is 6.07 Å². The lowest BCUT2D eigenvalue weighted by molar-refractivity contribution is -0.385. The molecule has 0 N–H and O–H groups in total. The molecule has 1 aromatic carbocycles. The van der Waals surface area contributed by atoms with E-state index in [-0.39, 0.29) is 30.4 Å². The van der Waals surface area contributed by atoms with Gasteiger partial charge in [0.05, 0.1) is 4.92 Å². The summed E-state index contributed by atoms with van der Waals surface area (Å²) in [5, 5.41) is 10.7. The van der Waals surface area contributed by atoms with E-state index in [0.29, 0.717) is 0 Å². The minimum Gasteiger partial charge on any atom is -0.479 e. The SMILES string of the molecule is COCC(=O)COc1cc(C)ccc1[N+](=O)[O-]. The molecule has 0 heterocycles. The Morgan fingerprint density at radius 1 is 1.41 bits per heavy atom. The number of ketones is 1. The van der Waals surface area contributed by atoms with Crippen LogP contribution in [0, 0.1) is 17.0 Å². The summed E-state index contributed by atoms with van der Waals surface area (Å²) in [6.07, 6.45) is 0. The summed E-state index contributed by atoms with van der Waals surface area (Å²) in [4.78, 5) is 21.3. The summed E-state index contributed by atoms with van der Waals surface area (Å²) in [5.41, 5.74) is 0.672. The average molecular weight is 239 g/mol. The Balaban J connectivity index is 2.78. The third kappa shape index (κ3) is 3.84. The Hall–Kier alpha value is -1.95. The summed E-state index contributed by atoms with van der Waals surface area (Å²) in [6, 6.07) is 4.49. The van der Waals surface area contributed by atoms with Crippen LogP contribution < -0.4 is 4.74 Å². The molecule has 0 atom stereocenters. The number of aryl methyl sites for hydroxylation is 1. The third-order valence-corrected chi connectivity index (χ3v) is 2.01. The fraction of sp³-hybridized carbons (Fsp3) is 0.364. The van der Waals surface area contributed by atoms with E-state index in [1.807, 2.05) is 0 Å². The molecule has 0 radical (unpaired) electrons. The maximum Gasteiger partial charge on any atom is 0.310 e. The first-order chi connectivity index (χ1) is 8.04. The van der Waals surface area contributed by atoms with Crippen LogP contribution in [-0.4, -0.2) is 31.0 Å². The average Bonchev–Trinajstić information content (AvgIpc) is 2.26. The Morgan fingerprint density at radius 3 is 2.71 bits per heavy atom. The van der Waals surface area contributed by atoms with Gasteiger partial charge in [-0.25, -0.2) is 0 Å². The lowest BCUT2D eigenvalue weighted by Gasteiger charge is -2.06. The van der Waals surface area contributed by atoms with Crippen molar-refractivity contribution >= 4 is 11.5 Å². The molecule has 0 saturated heterocycles. The van der Waals surface area contributed by atoms with E-state index in [1.165, 1.54) is 19.2 Å². The van der Waals surface area contributed by atoms with E-state index in [1.54, 1.807) is 13.0 Å². The van der Waals surface area contributed by atoms with Crippen molar-refractivity contribution in [3.05, 3.63) is 33.9 Å². The molecule has 92 valence electrons. The predicted octanol–water partition coefficient (Wildman–Crippen LogP) is 1.50. The smallest absolute Gasteiger partial charge is 0.310 e. The summed E-state index contributed by atoms with van der Waals surface area (Å²) >= 11 is 0. The number of hydrogen-bond acceptors (Lipinski definition) is 5. The van der Waals surface area contributed by atoms with Crippen molar-refractivity contribution in [3.63, 3.8) is 0 Å². The number of carbonyl (C=O) groups is 1. The van der Waals surface area contributed by atoms with E-state index in [9.17, 15) is 14.9 Å². The van der Waals surface area contributed by atoms with Gasteiger partial charge in [-0.15, -0.1) is 0 Å². The van der Waals surface area contributed by atoms with Gasteiger partial charge in [-0.3, -0.25) is 14.9 Å². The molecule has 0 aliphatic rings. The zero-order chi connectivity index (χ0) is 12.8. The molecule has 0 aliphatic heterocycles. The number of Topliss-reactive ketones (excluding diaryl/α,β-unsaturated/α-hetero) is 1. The van der Waals surface area contributed by atoms with E-state index >= 15 is 0 Å². The van der Waals surface area contributed by atoms with Crippen LogP contribution in [0.2, 0.25) is 0 Å². The second-order valence-corrected chi connectivity index (χ2v) is 3.49. The molecule has 6 heteroatoms. The number of nitrogens with zero attached hydrogens (tertiary/aromatic N) is 1. The second kappa shape index (κ2) is 5.95. The molecule has 6 nitrogen and oxygen atoms in total. The van der Waals surface area contributed by atoms with Gasteiger partial charge in [0.1, 0.15) is 13.2 Å². The van der Waals surface area contributed by atoms with E-state index < -0.39 is 4.92 Å². The molecule has 17 heavy (non-hydrogen) atoms. The highest BCUT2D eigenvalue weighted by Crippen LogP contribution is 2.27.